The molecule has 0 amide bonds. The van der Waals surface area contributed by atoms with E-state index in [0.29, 0.717) is 10.8 Å². The fraction of sp³-hybridized carbons (Fsp3) is 0.826. The van der Waals surface area contributed by atoms with Gasteiger partial charge in [0.2, 0.25) is 0 Å². The fourth-order valence-electron chi connectivity index (χ4n) is 6.75. The maximum atomic E-state index is 6.06. The highest BCUT2D eigenvalue weighted by Gasteiger charge is 2.55. The average Bonchev–Trinajstić information content (AvgIpc) is 2.97. The number of hydrogen-bond donors (Lipinski definition) is 0. The normalized spacial score (nSPS) is 44.0. The van der Waals surface area contributed by atoms with Gasteiger partial charge in [-0.15, -0.1) is 0 Å². The summed E-state index contributed by atoms with van der Waals surface area (Å²) in [6.45, 7) is 8.31. The average molecular weight is 329 g/mol. The highest BCUT2D eigenvalue weighted by Crippen LogP contribution is 2.64. The number of fused-ring (bicyclic) bond motifs is 5. The Labute approximate surface area is 148 Å². The quantitative estimate of drug-likeness (QED) is 0.525. The van der Waals surface area contributed by atoms with Crippen LogP contribution in [0.3, 0.4) is 0 Å². The molecule has 0 aromatic carbocycles. The first-order valence-corrected chi connectivity index (χ1v) is 10.6. The van der Waals surface area contributed by atoms with Crippen LogP contribution in [-0.4, -0.2) is 6.61 Å². The SMILES string of the molecule is CCCCOC1=CC2=CC[C@H]3[C@@H]4CCC[C@@]4(C)CC[C@@H]3[C@@]2(C)CC1. The smallest absolute Gasteiger partial charge is 0.0962 e. The Morgan fingerprint density at radius 1 is 1.12 bits per heavy atom. The standard InChI is InChI=1S/C23H36O/c1-4-5-15-24-18-10-14-23(3)17(16-18)8-9-19-20-7-6-12-22(20,2)13-11-21(19)23/h8,16,19-21H,4-7,9-15H2,1-3H3/t19-,20-,21-,22-,23-/m0/s1. The van der Waals surface area contributed by atoms with Crippen LogP contribution in [0.15, 0.2) is 23.5 Å². The highest BCUT2D eigenvalue weighted by molar-refractivity contribution is 5.35. The Balaban J connectivity index is 1.56. The topological polar surface area (TPSA) is 9.23 Å². The van der Waals surface area contributed by atoms with Crippen LogP contribution in [0.4, 0.5) is 0 Å². The monoisotopic (exact) mass is 328 g/mol. The molecule has 0 heterocycles. The third kappa shape index (κ3) is 2.58. The molecule has 0 aromatic heterocycles. The van der Waals surface area contributed by atoms with E-state index in [2.05, 4.69) is 32.9 Å². The van der Waals surface area contributed by atoms with Gasteiger partial charge in [-0.25, -0.2) is 0 Å². The summed E-state index contributed by atoms with van der Waals surface area (Å²) >= 11 is 0. The zero-order chi connectivity index (χ0) is 16.8. The molecule has 0 aliphatic heterocycles. The van der Waals surface area contributed by atoms with Gasteiger partial charge in [-0.05, 0) is 85.2 Å². The molecule has 2 saturated carbocycles. The van der Waals surface area contributed by atoms with Crippen molar-refractivity contribution in [3.63, 3.8) is 0 Å². The second kappa shape index (κ2) is 6.22. The van der Waals surface area contributed by atoms with Crippen molar-refractivity contribution in [1.82, 2.24) is 0 Å². The maximum Gasteiger partial charge on any atom is 0.0962 e. The van der Waals surface area contributed by atoms with E-state index < -0.39 is 0 Å². The van der Waals surface area contributed by atoms with Crippen molar-refractivity contribution >= 4 is 0 Å². The van der Waals surface area contributed by atoms with E-state index in [0.717, 1.165) is 30.8 Å². The molecule has 0 saturated heterocycles. The molecule has 4 aliphatic carbocycles. The van der Waals surface area contributed by atoms with Gasteiger partial charge in [0.25, 0.3) is 0 Å². The molecule has 0 aromatic rings. The molecular formula is C23H36O. The van der Waals surface area contributed by atoms with Crippen molar-refractivity contribution in [2.75, 3.05) is 6.61 Å². The number of ether oxygens (including phenoxy) is 1. The van der Waals surface area contributed by atoms with E-state index >= 15 is 0 Å². The summed E-state index contributed by atoms with van der Waals surface area (Å²) in [5, 5.41) is 0. The van der Waals surface area contributed by atoms with Crippen LogP contribution in [0, 0.1) is 28.6 Å². The van der Waals surface area contributed by atoms with Crippen LogP contribution in [0.25, 0.3) is 0 Å². The first-order chi connectivity index (χ1) is 11.6. The second-order valence-corrected chi connectivity index (χ2v) is 9.59. The molecule has 0 radical (unpaired) electrons. The van der Waals surface area contributed by atoms with Crippen molar-refractivity contribution in [3.05, 3.63) is 23.5 Å². The third-order valence-corrected chi connectivity index (χ3v) is 8.30. The summed E-state index contributed by atoms with van der Waals surface area (Å²) in [5.74, 6) is 4.13. The number of allylic oxidation sites excluding steroid dienone is 4. The Bertz CT molecular complexity index is 544. The van der Waals surface area contributed by atoms with Crippen LogP contribution in [0.5, 0.6) is 0 Å². The lowest BCUT2D eigenvalue weighted by molar-refractivity contribution is -0.0206. The lowest BCUT2D eigenvalue weighted by Gasteiger charge is -2.56. The largest absolute Gasteiger partial charge is 0.498 e. The first-order valence-electron chi connectivity index (χ1n) is 10.6. The Morgan fingerprint density at radius 3 is 2.83 bits per heavy atom. The fourth-order valence-corrected chi connectivity index (χ4v) is 6.75. The predicted molar refractivity (Wildman–Crippen MR) is 101 cm³/mol. The third-order valence-electron chi connectivity index (χ3n) is 8.30. The molecule has 24 heavy (non-hydrogen) atoms. The number of hydrogen-bond acceptors (Lipinski definition) is 1. The predicted octanol–water partition coefficient (Wildman–Crippen LogP) is 6.65. The van der Waals surface area contributed by atoms with Gasteiger partial charge >= 0.3 is 0 Å². The minimum Gasteiger partial charge on any atom is -0.498 e. The lowest BCUT2D eigenvalue weighted by atomic mass is 9.49. The van der Waals surface area contributed by atoms with Crippen molar-refractivity contribution in [3.8, 4) is 0 Å². The Morgan fingerprint density at radius 2 is 2.00 bits per heavy atom. The number of rotatable bonds is 4. The molecular weight excluding hydrogens is 292 g/mol. The van der Waals surface area contributed by atoms with Gasteiger partial charge in [0.1, 0.15) is 0 Å². The first kappa shape index (κ1) is 16.7. The lowest BCUT2D eigenvalue weighted by Crippen LogP contribution is -2.47. The van der Waals surface area contributed by atoms with E-state index in [1.54, 1.807) is 5.57 Å². The van der Waals surface area contributed by atoms with Gasteiger partial charge in [-0.3, -0.25) is 0 Å². The van der Waals surface area contributed by atoms with Crippen LogP contribution in [0.1, 0.15) is 85.0 Å². The van der Waals surface area contributed by atoms with Crippen molar-refractivity contribution < 1.29 is 4.74 Å². The molecule has 134 valence electrons. The maximum absolute atomic E-state index is 6.06. The zero-order valence-electron chi connectivity index (χ0n) is 16.1. The Kier molecular flexibility index (Phi) is 4.34. The van der Waals surface area contributed by atoms with E-state index in [-0.39, 0.29) is 0 Å². The molecule has 0 unspecified atom stereocenters. The van der Waals surface area contributed by atoms with Crippen LogP contribution >= 0.6 is 0 Å². The van der Waals surface area contributed by atoms with Crippen LogP contribution in [0.2, 0.25) is 0 Å². The molecule has 4 aliphatic rings. The molecule has 1 heteroatoms. The van der Waals surface area contributed by atoms with Crippen LogP contribution < -0.4 is 0 Å². The van der Waals surface area contributed by atoms with Gasteiger partial charge < -0.3 is 4.74 Å². The van der Waals surface area contributed by atoms with E-state index in [4.69, 9.17) is 4.74 Å². The van der Waals surface area contributed by atoms with E-state index in [9.17, 15) is 0 Å². The van der Waals surface area contributed by atoms with Gasteiger partial charge in [0.05, 0.1) is 12.4 Å². The molecule has 0 spiro atoms. The van der Waals surface area contributed by atoms with Gasteiger partial charge in [0, 0.05) is 6.42 Å². The molecule has 5 atom stereocenters. The minimum atomic E-state index is 0.421. The summed E-state index contributed by atoms with van der Waals surface area (Å²) in [6, 6.07) is 0. The van der Waals surface area contributed by atoms with Crippen molar-refractivity contribution in [2.24, 2.45) is 28.6 Å². The second-order valence-electron chi connectivity index (χ2n) is 9.59. The van der Waals surface area contributed by atoms with Gasteiger partial charge in [-0.1, -0.05) is 39.7 Å². The summed E-state index contributed by atoms with van der Waals surface area (Å²) in [7, 11) is 0. The van der Waals surface area contributed by atoms with Crippen molar-refractivity contribution in [1.29, 1.82) is 0 Å². The molecule has 1 nitrogen and oxygen atoms in total. The molecule has 0 N–H and O–H groups in total. The zero-order valence-corrected chi connectivity index (χ0v) is 16.1. The summed E-state index contributed by atoms with van der Waals surface area (Å²) in [4.78, 5) is 0. The molecule has 0 bridgehead atoms. The van der Waals surface area contributed by atoms with E-state index in [1.807, 2.05) is 0 Å². The minimum absolute atomic E-state index is 0.421. The molecule has 2 fully saturated rings. The summed E-state index contributed by atoms with van der Waals surface area (Å²) in [5.41, 5.74) is 2.70. The Hall–Kier alpha value is -0.720. The van der Waals surface area contributed by atoms with Gasteiger partial charge in [0.15, 0.2) is 0 Å². The highest BCUT2D eigenvalue weighted by atomic mass is 16.5. The van der Waals surface area contributed by atoms with E-state index in [1.165, 1.54) is 63.5 Å². The summed E-state index contributed by atoms with van der Waals surface area (Å²) < 4.78 is 6.06. The van der Waals surface area contributed by atoms with Gasteiger partial charge in [-0.2, -0.15) is 0 Å². The number of unbranched alkanes of at least 4 members (excludes halogenated alkanes) is 1. The summed E-state index contributed by atoms with van der Waals surface area (Å²) in [6.07, 6.45) is 18.6. The van der Waals surface area contributed by atoms with Crippen molar-refractivity contribution in [2.45, 2.75) is 85.0 Å². The molecule has 4 rings (SSSR count). The van der Waals surface area contributed by atoms with Crippen LogP contribution in [-0.2, 0) is 4.74 Å².